The Morgan fingerprint density at radius 3 is 2.38 bits per heavy atom. The molecular weight excluding hydrogens is 229 g/mol. The number of hydrogen-bond acceptors (Lipinski definition) is 1. The van der Waals surface area contributed by atoms with Crippen LogP contribution in [0.5, 0.6) is 0 Å². The summed E-state index contributed by atoms with van der Waals surface area (Å²) in [4.78, 5) is 0. The van der Waals surface area contributed by atoms with Crippen LogP contribution in [-0.2, 0) is 6.42 Å². The van der Waals surface area contributed by atoms with Gasteiger partial charge in [-0.2, -0.15) is 13.2 Å². The standard InChI is InChI=1S/C10H10F5N/c11-7-3-1-2-6(9(7)12)4-5-8(16)10(13,14)15/h1-3,8H,4-5,16H2. The van der Waals surface area contributed by atoms with E-state index in [1.807, 2.05) is 0 Å². The molecule has 0 saturated carbocycles. The van der Waals surface area contributed by atoms with E-state index in [0.717, 1.165) is 6.07 Å². The molecule has 0 spiro atoms. The van der Waals surface area contributed by atoms with E-state index in [9.17, 15) is 22.0 Å². The van der Waals surface area contributed by atoms with E-state index >= 15 is 0 Å². The summed E-state index contributed by atoms with van der Waals surface area (Å²) in [5.74, 6) is -2.19. The maximum Gasteiger partial charge on any atom is 0.403 e. The lowest BCUT2D eigenvalue weighted by molar-refractivity contribution is -0.148. The molecule has 0 aliphatic carbocycles. The van der Waals surface area contributed by atoms with Gasteiger partial charge in [-0.05, 0) is 24.5 Å². The van der Waals surface area contributed by atoms with Gasteiger partial charge >= 0.3 is 6.18 Å². The zero-order chi connectivity index (χ0) is 12.3. The molecule has 1 unspecified atom stereocenters. The fraction of sp³-hybridized carbons (Fsp3) is 0.400. The highest BCUT2D eigenvalue weighted by molar-refractivity contribution is 5.19. The van der Waals surface area contributed by atoms with Crippen molar-refractivity contribution in [3.05, 3.63) is 35.4 Å². The zero-order valence-corrected chi connectivity index (χ0v) is 8.19. The van der Waals surface area contributed by atoms with Gasteiger partial charge in [0.1, 0.15) is 6.04 Å². The van der Waals surface area contributed by atoms with Gasteiger partial charge in [0.25, 0.3) is 0 Å². The van der Waals surface area contributed by atoms with E-state index in [0.29, 0.717) is 0 Å². The van der Waals surface area contributed by atoms with Crippen LogP contribution in [-0.4, -0.2) is 12.2 Å². The van der Waals surface area contributed by atoms with Crippen molar-refractivity contribution in [1.82, 2.24) is 0 Å². The van der Waals surface area contributed by atoms with Crippen LogP contribution in [0.1, 0.15) is 12.0 Å². The SMILES string of the molecule is NC(CCc1cccc(F)c1F)C(F)(F)F. The minimum atomic E-state index is -4.51. The monoisotopic (exact) mass is 239 g/mol. The predicted molar refractivity (Wildman–Crippen MR) is 48.7 cm³/mol. The normalized spacial score (nSPS) is 13.9. The molecule has 16 heavy (non-hydrogen) atoms. The van der Waals surface area contributed by atoms with Crippen LogP contribution in [0.15, 0.2) is 18.2 Å². The van der Waals surface area contributed by atoms with Crippen LogP contribution >= 0.6 is 0 Å². The number of hydrogen-bond donors (Lipinski definition) is 1. The number of halogens is 5. The van der Waals surface area contributed by atoms with Gasteiger partial charge in [0.05, 0.1) is 0 Å². The minimum Gasteiger partial charge on any atom is -0.320 e. The van der Waals surface area contributed by atoms with E-state index in [2.05, 4.69) is 0 Å². The molecule has 6 heteroatoms. The van der Waals surface area contributed by atoms with Crippen LogP contribution in [0.3, 0.4) is 0 Å². The van der Waals surface area contributed by atoms with Gasteiger partial charge in [0.2, 0.25) is 0 Å². The zero-order valence-electron chi connectivity index (χ0n) is 8.19. The van der Waals surface area contributed by atoms with E-state index < -0.39 is 30.3 Å². The Morgan fingerprint density at radius 2 is 1.81 bits per heavy atom. The third-order valence-electron chi connectivity index (χ3n) is 2.18. The molecule has 1 atom stereocenters. The van der Waals surface area contributed by atoms with Crippen molar-refractivity contribution in [3.8, 4) is 0 Å². The van der Waals surface area contributed by atoms with Crippen molar-refractivity contribution in [1.29, 1.82) is 0 Å². The van der Waals surface area contributed by atoms with Crippen LogP contribution in [0.4, 0.5) is 22.0 Å². The van der Waals surface area contributed by atoms with Gasteiger partial charge in [0, 0.05) is 0 Å². The Morgan fingerprint density at radius 1 is 1.19 bits per heavy atom. The molecule has 1 aromatic carbocycles. The van der Waals surface area contributed by atoms with Gasteiger partial charge in [-0.3, -0.25) is 0 Å². The molecule has 0 aliphatic heterocycles. The molecule has 0 heterocycles. The molecule has 0 bridgehead atoms. The molecule has 0 fully saturated rings. The van der Waals surface area contributed by atoms with E-state index in [-0.39, 0.29) is 12.0 Å². The highest BCUT2D eigenvalue weighted by atomic mass is 19.4. The van der Waals surface area contributed by atoms with Crippen molar-refractivity contribution in [3.63, 3.8) is 0 Å². The Hall–Kier alpha value is -1.17. The lowest BCUT2D eigenvalue weighted by Gasteiger charge is -2.15. The Bertz CT molecular complexity index is 361. The van der Waals surface area contributed by atoms with E-state index in [1.165, 1.54) is 12.1 Å². The van der Waals surface area contributed by atoms with Gasteiger partial charge in [0.15, 0.2) is 11.6 Å². The number of nitrogens with two attached hydrogens (primary N) is 1. The summed E-state index contributed by atoms with van der Waals surface area (Å²) in [6.45, 7) is 0. The van der Waals surface area contributed by atoms with Crippen molar-refractivity contribution in [2.75, 3.05) is 0 Å². The number of alkyl halides is 3. The molecule has 0 amide bonds. The number of rotatable bonds is 3. The quantitative estimate of drug-likeness (QED) is 0.806. The largest absolute Gasteiger partial charge is 0.403 e. The highest BCUT2D eigenvalue weighted by Gasteiger charge is 2.36. The molecular formula is C10H10F5N. The lowest BCUT2D eigenvalue weighted by atomic mass is 10.0. The second-order valence-corrected chi connectivity index (χ2v) is 3.40. The summed E-state index contributed by atoms with van der Waals surface area (Å²) in [6.07, 6.45) is -5.22. The molecule has 1 nitrogen and oxygen atoms in total. The smallest absolute Gasteiger partial charge is 0.320 e. The maximum atomic E-state index is 13.1. The van der Waals surface area contributed by atoms with Gasteiger partial charge < -0.3 is 5.73 Å². The number of aryl methyl sites for hydroxylation is 1. The fourth-order valence-electron chi connectivity index (χ4n) is 1.22. The Balaban J connectivity index is 2.65. The third kappa shape index (κ3) is 3.16. The third-order valence-corrected chi connectivity index (χ3v) is 2.18. The molecule has 1 rings (SSSR count). The van der Waals surface area contributed by atoms with Crippen LogP contribution in [0, 0.1) is 11.6 Å². The van der Waals surface area contributed by atoms with E-state index in [1.54, 1.807) is 0 Å². The molecule has 90 valence electrons. The summed E-state index contributed by atoms with van der Waals surface area (Å²) in [7, 11) is 0. The fourth-order valence-corrected chi connectivity index (χ4v) is 1.22. The average molecular weight is 239 g/mol. The second-order valence-electron chi connectivity index (χ2n) is 3.40. The Labute approximate surface area is 89.1 Å². The van der Waals surface area contributed by atoms with Crippen LogP contribution in [0.2, 0.25) is 0 Å². The maximum absolute atomic E-state index is 13.1. The first-order valence-corrected chi connectivity index (χ1v) is 4.57. The van der Waals surface area contributed by atoms with Crippen molar-refractivity contribution in [2.45, 2.75) is 25.1 Å². The van der Waals surface area contributed by atoms with E-state index in [4.69, 9.17) is 5.73 Å². The second kappa shape index (κ2) is 4.78. The van der Waals surface area contributed by atoms with Crippen molar-refractivity contribution in [2.24, 2.45) is 5.73 Å². The van der Waals surface area contributed by atoms with Crippen LogP contribution in [0.25, 0.3) is 0 Å². The molecule has 0 saturated heterocycles. The molecule has 0 aromatic heterocycles. The first-order chi connectivity index (χ1) is 7.32. The molecule has 0 aliphatic rings. The van der Waals surface area contributed by atoms with Crippen molar-refractivity contribution < 1.29 is 22.0 Å². The van der Waals surface area contributed by atoms with Gasteiger partial charge in [-0.15, -0.1) is 0 Å². The summed E-state index contributed by atoms with van der Waals surface area (Å²) in [5.41, 5.74) is 4.75. The average Bonchev–Trinajstić information content (AvgIpc) is 2.18. The molecule has 1 aromatic rings. The van der Waals surface area contributed by atoms with Crippen LogP contribution < -0.4 is 5.73 Å². The molecule has 2 N–H and O–H groups in total. The van der Waals surface area contributed by atoms with Gasteiger partial charge in [-0.25, -0.2) is 8.78 Å². The molecule has 0 radical (unpaired) electrons. The first-order valence-electron chi connectivity index (χ1n) is 4.57. The minimum absolute atomic E-state index is 0.0975. The Kier molecular flexibility index (Phi) is 3.85. The summed E-state index contributed by atoms with van der Waals surface area (Å²) < 4.78 is 61.9. The number of benzene rings is 1. The van der Waals surface area contributed by atoms with Gasteiger partial charge in [-0.1, -0.05) is 12.1 Å². The first kappa shape index (κ1) is 12.9. The van der Waals surface area contributed by atoms with Crippen molar-refractivity contribution >= 4 is 0 Å². The topological polar surface area (TPSA) is 26.0 Å². The lowest BCUT2D eigenvalue weighted by Crippen LogP contribution is -2.37. The highest BCUT2D eigenvalue weighted by Crippen LogP contribution is 2.22. The predicted octanol–water partition coefficient (Wildman–Crippen LogP) is 2.79. The summed E-state index contributed by atoms with van der Waals surface area (Å²) in [5, 5.41) is 0. The summed E-state index contributed by atoms with van der Waals surface area (Å²) >= 11 is 0. The summed E-state index contributed by atoms with van der Waals surface area (Å²) in [6, 6.07) is 1.37.